The number of nitrogens with one attached hydrogen (secondary N) is 2. The second-order valence-corrected chi connectivity index (χ2v) is 7.93. The number of esters is 1. The summed E-state index contributed by atoms with van der Waals surface area (Å²) < 4.78 is 5.01. The van der Waals surface area contributed by atoms with Crippen LogP contribution in [0.4, 0.5) is 4.79 Å². The Labute approximate surface area is 177 Å². The molecule has 1 aromatic rings. The summed E-state index contributed by atoms with van der Waals surface area (Å²) in [4.78, 5) is 49.9. The van der Waals surface area contributed by atoms with Gasteiger partial charge in [-0.1, -0.05) is 58.0 Å². The molecule has 1 heterocycles. The minimum absolute atomic E-state index is 0.196. The quantitative estimate of drug-likeness (QED) is 0.450. The van der Waals surface area contributed by atoms with Crippen LogP contribution >= 0.6 is 0 Å². The van der Waals surface area contributed by atoms with Gasteiger partial charge >= 0.3 is 12.0 Å². The summed E-state index contributed by atoms with van der Waals surface area (Å²) in [6.07, 6.45) is 1.60. The van der Waals surface area contributed by atoms with E-state index < -0.39 is 42.5 Å². The van der Waals surface area contributed by atoms with Crippen molar-refractivity contribution in [2.75, 3.05) is 13.2 Å². The fourth-order valence-corrected chi connectivity index (χ4v) is 3.54. The fraction of sp³-hybridized carbons (Fsp3) is 0.545. The monoisotopic (exact) mass is 417 g/mol. The van der Waals surface area contributed by atoms with Gasteiger partial charge in [0.1, 0.15) is 12.1 Å². The zero-order valence-corrected chi connectivity index (χ0v) is 18.1. The Morgan fingerprint density at radius 2 is 1.77 bits per heavy atom. The van der Waals surface area contributed by atoms with Gasteiger partial charge in [-0.2, -0.15) is 0 Å². The maximum Gasteiger partial charge on any atom is 0.326 e. The van der Waals surface area contributed by atoms with E-state index in [1.807, 2.05) is 30.3 Å². The highest BCUT2D eigenvalue weighted by atomic mass is 16.5. The van der Waals surface area contributed by atoms with Crippen LogP contribution in [0.3, 0.4) is 0 Å². The van der Waals surface area contributed by atoms with Crippen LogP contribution in [0.25, 0.3) is 0 Å². The second kappa shape index (κ2) is 10.2. The number of nitrogens with zero attached hydrogens (tertiary/aromatic N) is 1. The number of carbonyl (C=O) groups is 4. The standard InChI is InChI=1S/C22H31N3O5/c1-5-22(6-2)20(28)25(21(29)24-22)13-19(27)30-14-18(26)23-17(12-15(3)4)16-10-8-7-9-11-16/h7-11,15,17H,5-6,12-14H2,1-4H3,(H,23,26)(H,24,29)/t17-/m1/s1. The third kappa shape index (κ3) is 5.58. The Bertz CT molecular complexity index is 774. The summed E-state index contributed by atoms with van der Waals surface area (Å²) in [6, 6.07) is 8.76. The molecule has 0 aromatic heterocycles. The molecule has 0 bridgehead atoms. The predicted molar refractivity (Wildman–Crippen MR) is 111 cm³/mol. The Balaban J connectivity index is 1.90. The third-order valence-electron chi connectivity index (χ3n) is 5.35. The number of urea groups is 1. The summed E-state index contributed by atoms with van der Waals surface area (Å²) in [5, 5.41) is 5.54. The number of hydrogen-bond acceptors (Lipinski definition) is 5. The van der Waals surface area contributed by atoms with Gasteiger partial charge in [-0.25, -0.2) is 4.79 Å². The average molecular weight is 418 g/mol. The lowest BCUT2D eigenvalue weighted by atomic mass is 9.93. The first-order valence-corrected chi connectivity index (χ1v) is 10.4. The van der Waals surface area contributed by atoms with Crippen LogP contribution < -0.4 is 10.6 Å². The molecule has 8 heteroatoms. The molecule has 0 spiro atoms. The van der Waals surface area contributed by atoms with Gasteiger partial charge in [0.2, 0.25) is 0 Å². The minimum atomic E-state index is -0.978. The molecule has 4 amide bonds. The molecular formula is C22H31N3O5. The summed E-state index contributed by atoms with van der Waals surface area (Å²) in [5.74, 6) is -1.33. The SMILES string of the molecule is CCC1(CC)NC(=O)N(CC(=O)OCC(=O)N[C@H](CC(C)C)c2ccccc2)C1=O. The first-order chi connectivity index (χ1) is 14.2. The number of amides is 4. The largest absolute Gasteiger partial charge is 0.454 e. The zero-order valence-electron chi connectivity index (χ0n) is 18.1. The van der Waals surface area contributed by atoms with Crippen molar-refractivity contribution in [2.45, 2.75) is 58.5 Å². The van der Waals surface area contributed by atoms with E-state index in [4.69, 9.17) is 4.74 Å². The van der Waals surface area contributed by atoms with Gasteiger partial charge in [-0.05, 0) is 30.7 Å². The zero-order chi connectivity index (χ0) is 22.3. The van der Waals surface area contributed by atoms with Gasteiger partial charge in [0, 0.05) is 0 Å². The highest BCUT2D eigenvalue weighted by molar-refractivity contribution is 6.08. The minimum Gasteiger partial charge on any atom is -0.454 e. The molecule has 1 aliphatic heterocycles. The number of ether oxygens (including phenoxy) is 1. The second-order valence-electron chi connectivity index (χ2n) is 7.93. The molecule has 0 unspecified atom stereocenters. The molecule has 1 aromatic carbocycles. The third-order valence-corrected chi connectivity index (χ3v) is 5.35. The van der Waals surface area contributed by atoms with Crippen LogP contribution in [0.1, 0.15) is 58.6 Å². The first kappa shape index (κ1) is 23.4. The lowest BCUT2D eigenvalue weighted by Crippen LogP contribution is -2.46. The van der Waals surface area contributed by atoms with Crippen LogP contribution in [-0.4, -0.2) is 47.4 Å². The van der Waals surface area contributed by atoms with Crippen molar-refractivity contribution in [3.05, 3.63) is 35.9 Å². The van der Waals surface area contributed by atoms with Crippen LogP contribution in [0.2, 0.25) is 0 Å². The van der Waals surface area contributed by atoms with Crippen molar-refractivity contribution in [3.8, 4) is 0 Å². The van der Waals surface area contributed by atoms with E-state index in [9.17, 15) is 19.2 Å². The molecule has 0 saturated carbocycles. The Kier molecular flexibility index (Phi) is 7.97. The van der Waals surface area contributed by atoms with Crippen molar-refractivity contribution < 1.29 is 23.9 Å². The van der Waals surface area contributed by atoms with Gasteiger partial charge in [-0.15, -0.1) is 0 Å². The lowest BCUT2D eigenvalue weighted by molar-refractivity contribution is -0.151. The average Bonchev–Trinajstić information content (AvgIpc) is 2.96. The molecule has 1 aliphatic rings. The van der Waals surface area contributed by atoms with E-state index in [0.717, 1.165) is 16.9 Å². The number of benzene rings is 1. The van der Waals surface area contributed by atoms with E-state index in [0.29, 0.717) is 18.8 Å². The van der Waals surface area contributed by atoms with Crippen LogP contribution in [0, 0.1) is 5.92 Å². The molecule has 2 rings (SSSR count). The molecule has 1 fully saturated rings. The molecule has 30 heavy (non-hydrogen) atoms. The first-order valence-electron chi connectivity index (χ1n) is 10.4. The number of hydrogen-bond donors (Lipinski definition) is 2. The molecule has 8 nitrogen and oxygen atoms in total. The highest BCUT2D eigenvalue weighted by Gasteiger charge is 2.49. The van der Waals surface area contributed by atoms with Gasteiger partial charge < -0.3 is 15.4 Å². The Hall–Kier alpha value is -2.90. The topological polar surface area (TPSA) is 105 Å². The Morgan fingerprint density at radius 1 is 1.13 bits per heavy atom. The van der Waals surface area contributed by atoms with Crippen LogP contribution in [0.15, 0.2) is 30.3 Å². The van der Waals surface area contributed by atoms with E-state index in [2.05, 4.69) is 24.5 Å². The maximum absolute atomic E-state index is 12.5. The van der Waals surface area contributed by atoms with Crippen molar-refractivity contribution in [1.29, 1.82) is 0 Å². The van der Waals surface area contributed by atoms with E-state index >= 15 is 0 Å². The van der Waals surface area contributed by atoms with Crippen molar-refractivity contribution in [3.63, 3.8) is 0 Å². The summed E-state index contributed by atoms with van der Waals surface area (Å²) in [7, 11) is 0. The molecule has 0 radical (unpaired) electrons. The van der Waals surface area contributed by atoms with Crippen molar-refractivity contribution in [2.24, 2.45) is 5.92 Å². The van der Waals surface area contributed by atoms with Crippen molar-refractivity contribution >= 4 is 23.8 Å². The Morgan fingerprint density at radius 3 is 2.30 bits per heavy atom. The van der Waals surface area contributed by atoms with E-state index in [-0.39, 0.29) is 6.04 Å². The molecular weight excluding hydrogens is 386 g/mol. The summed E-state index contributed by atoms with van der Waals surface area (Å²) in [5.41, 5.74) is -0.00484. The van der Waals surface area contributed by atoms with Crippen molar-refractivity contribution in [1.82, 2.24) is 15.5 Å². The molecule has 1 saturated heterocycles. The summed E-state index contributed by atoms with van der Waals surface area (Å²) in [6.45, 7) is 6.73. The predicted octanol–water partition coefficient (Wildman–Crippen LogP) is 2.54. The van der Waals surface area contributed by atoms with E-state index in [1.54, 1.807) is 13.8 Å². The van der Waals surface area contributed by atoms with Crippen LogP contribution in [0.5, 0.6) is 0 Å². The fourth-order valence-electron chi connectivity index (χ4n) is 3.54. The number of carbonyl (C=O) groups excluding carboxylic acids is 4. The van der Waals surface area contributed by atoms with Gasteiger partial charge in [0.05, 0.1) is 6.04 Å². The van der Waals surface area contributed by atoms with Gasteiger partial charge in [0.25, 0.3) is 11.8 Å². The maximum atomic E-state index is 12.5. The molecule has 0 aliphatic carbocycles. The smallest absolute Gasteiger partial charge is 0.326 e. The highest BCUT2D eigenvalue weighted by Crippen LogP contribution is 2.25. The van der Waals surface area contributed by atoms with Gasteiger partial charge in [-0.3, -0.25) is 19.3 Å². The number of rotatable bonds is 10. The summed E-state index contributed by atoms with van der Waals surface area (Å²) >= 11 is 0. The molecule has 2 N–H and O–H groups in total. The number of imide groups is 1. The molecule has 164 valence electrons. The lowest BCUT2D eigenvalue weighted by Gasteiger charge is -2.23. The van der Waals surface area contributed by atoms with Gasteiger partial charge in [0.15, 0.2) is 6.61 Å². The van der Waals surface area contributed by atoms with E-state index in [1.165, 1.54) is 0 Å². The molecule has 1 atom stereocenters. The van der Waals surface area contributed by atoms with Crippen LogP contribution in [-0.2, 0) is 19.1 Å². The normalized spacial score (nSPS) is 16.4.